The molecule has 2 aromatic carbocycles. The van der Waals surface area contributed by atoms with Crippen LogP contribution in [0.1, 0.15) is 49.8 Å². The number of rotatable bonds is 5. The van der Waals surface area contributed by atoms with Crippen molar-refractivity contribution < 1.29 is 27.5 Å². The predicted molar refractivity (Wildman–Crippen MR) is 117 cm³/mol. The molecule has 0 bridgehead atoms. The zero-order valence-corrected chi connectivity index (χ0v) is 18.0. The molecule has 1 atom stereocenters. The fraction of sp³-hybridized carbons (Fsp3) is 0.333. The van der Waals surface area contributed by atoms with Gasteiger partial charge in [0.25, 0.3) is 5.91 Å². The van der Waals surface area contributed by atoms with E-state index >= 15 is 0 Å². The minimum absolute atomic E-state index is 0.00117. The lowest BCUT2D eigenvalue weighted by molar-refractivity contribution is -0.137. The molecule has 4 rings (SSSR count). The van der Waals surface area contributed by atoms with E-state index in [1.165, 1.54) is 12.1 Å². The number of benzene rings is 2. The Labute approximate surface area is 189 Å². The second-order valence-electron chi connectivity index (χ2n) is 8.16. The number of ether oxygens (including phenoxy) is 1. The Kier molecular flexibility index (Phi) is 6.31. The summed E-state index contributed by atoms with van der Waals surface area (Å²) in [5.41, 5.74) is 0.236. The third-order valence-electron chi connectivity index (χ3n) is 5.79. The van der Waals surface area contributed by atoms with E-state index in [1.54, 1.807) is 25.1 Å². The van der Waals surface area contributed by atoms with Gasteiger partial charge < -0.3 is 20.7 Å². The van der Waals surface area contributed by atoms with Gasteiger partial charge in [-0.05, 0) is 56.9 Å². The molecule has 1 unspecified atom stereocenters. The maximum Gasteiger partial charge on any atom is 0.416 e. The molecule has 0 aromatic heterocycles. The summed E-state index contributed by atoms with van der Waals surface area (Å²) in [7, 11) is 0. The first kappa shape index (κ1) is 22.7. The van der Waals surface area contributed by atoms with Gasteiger partial charge in [-0.1, -0.05) is 24.3 Å². The van der Waals surface area contributed by atoms with Gasteiger partial charge in [0.15, 0.2) is 0 Å². The topological polar surface area (TPSA) is 79.5 Å². The molecule has 1 fully saturated rings. The van der Waals surface area contributed by atoms with Gasteiger partial charge in [0.1, 0.15) is 5.75 Å². The highest BCUT2D eigenvalue weighted by atomic mass is 19.4. The van der Waals surface area contributed by atoms with Gasteiger partial charge in [-0.3, -0.25) is 4.79 Å². The monoisotopic (exact) mass is 459 g/mol. The molecule has 0 radical (unpaired) electrons. The molecule has 2 aromatic rings. The lowest BCUT2D eigenvalue weighted by atomic mass is 9.94. The van der Waals surface area contributed by atoms with Crippen molar-refractivity contribution in [1.82, 2.24) is 10.6 Å². The van der Waals surface area contributed by atoms with Crippen LogP contribution in [0.2, 0.25) is 0 Å². The molecule has 3 N–H and O–H groups in total. The van der Waals surface area contributed by atoms with E-state index in [2.05, 4.69) is 16.0 Å². The Balaban J connectivity index is 1.65. The van der Waals surface area contributed by atoms with Crippen molar-refractivity contribution in [1.29, 1.82) is 0 Å². The summed E-state index contributed by atoms with van der Waals surface area (Å²) in [6.45, 7) is 1.58. The zero-order chi connectivity index (χ0) is 23.6. The van der Waals surface area contributed by atoms with Crippen molar-refractivity contribution in [3.05, 3.63) is 70.9 Å². The highest BCUT2D eigenvalue weighted by molar-refractivity contribution is 6.06. The number of para-hydroxylation sites is 1. The molecule has 1 aliphatic heterocycles. The minimum atomic E-state index is -4.53. The number of nitrogens with one attached hydrogen (secondary N) is 3. The first-order chi connectivity index (χ1) is 15.7. The number of allylic oxidation sites excluding steroid dienone is 1. The Bertz CT molecular complexity index is 1090. The van der Waals surface area contributed by atoms with Crippen molar-refractivity contribution in [2.75, 3.05) is 5.32 Å². The molecule has 3 amide bonds. The van der Waals surface area contributed by atoms with Crippen LogP contribution in [-0.2, 0) is 11.0 Å². The van der Waals surface area contributed by atoms with Crippen LogP contribution >= 0.6 is 0 Å². The van der Waals surface area contributed by atoms with Gasteiger partial charge in [0.2, 0.25) is 0 Å². The first-order valence-electron chi connectivity index (χ1n) is 10.7. The molecule has 0 saturated heterocycles. The standard InChI is InChI=1S/C24H24F3N3O3/c1-14-20(22(31)29-16-8-6-7-15(13-16)24(25,26)27)21(30-23(32)28-14)18-11-4-5-12-19(18)33-17-9-2-3-10-17/h4-8,11-13,17,21H,2-3,9-10H2,1H3,(H,29,31)(H2,28,30,32). The number of anilines is 1. The van der Waals surface area contributed by atoms with Crippen LogP contribution in [0.5, 0.6) is 5.75 Å². The molecule has 1 aliphatic carbocycles. The van der Waals surface area contributed by atoms with Crippen LogP contribution in [-0.4, -0.2) is 18.0 Å². The third-order valence-corrected chi connectivity index (χ3v) is 5.79. The van der Waals surface area contributed by atoms with Gasteiger partial charge >= 0.3 is 12.2 Å². The summed E-state index contributed by atoms with van der Waals surface area (Å²) in [4.78, 5) is 25.4. The average Bonchev–Trinajstić information content (AvgIpc) is 3.26. The molecule has 6 nitrogen and oxygen atoms in total. The highest BCUT2D eigenvalue weighted by Crippen LogP contribution is 2.36. The summed E-state index contributed by atoms with van der Waals surface area (Å²) < 4.78 is 45.4. The van der Waals surface area contributed by atoms with Crippen molar-refractivity contribution in [2.24, 2.45) is 0 Å². The van der Waals surface area contributed by atoms with Crippen LogP contribution in [0.3, 0.4) is 0 Å². The normalized spacial score (nSPS) is 19.2. The van der Waals surface area contributed by atoms with Crippen LogP contribution in [0.25, 0.3) is 0 Å². The lowest BCUT2D eigenvalue weighted by Crippen LogP contribution is -2.46. The molecule has 174 valence electrons. The van der Waals surface area contributed by atoms with Gasteiger partial charge in [-0.15, -0.1) is 0 Å². The van der Waals surface area contributed by atoms with Crippen LogP contribution in [0.15, 0.2) is 59.8 Å². The molecule has 9 heteroatoms. The number of hydrogen-bond donors (Lipinski definition) is 3. The largest absolute Gasteiger partial charge is 0.490 e. The molecule has 2 aliphatic rings. The van der Waals surface area contributed by atoms with Crippen molar-refractivity contribution >= 4 is 17.6 Å². The summed E-state index contributed by atoms with van der Waals surface area (Å²) >= 11 is 0. The van der Waals surface area contributed by atoms with Gasteiger partial charge in [-0.2, -0.15) is 13.2 Å². The minimum Gasteiger partial charge on any atom is -0.490 e. The fourth-order valence-electron chi connectivity index (χ4n) is 4.21. The van der Waals surface area contributed by atoms with Gasteiger partial charge in [-0.25, -0.2) is 4.79 Å². The second-order valence-corrected chi connectivity index (χ2v) is 8.16. The van der Waals surface area contributed by atoms with Gasteiger partial charge in [0, 0.05) is 16.9 Å². The van der Waals surface area contributed by atoms with E-state index < -0.39 is 29.7 Å². The van der Waals surface area contributed by atoms with Crippen molar-refractivity contribution in [3.8, 4) is 5.75 Å². The van der Waals surface area contributed by atoms with E-state index in [9.17, 15) is 22.8 Å². The summed E-state index contributed by atoms with van der Waals surface area (Å²) in [6.07, 6.45) is -0.428. The quantitative estimate of drug-likeness (QED) is 0.568. The maximum absolute atomic E-state index is 13.2. The smallest absolute Gasteiger partial charge is 0.416 e. The van der Waals surface area contributed by atoms with E-state index in [4.69, 9.17) is 4.74 Å². The van der Waals surface area contributed by atoms with Crippen molar-refractivity contribution in [3.63, 3.8) is 0 Å². The Hall–Kier alpha value is -3.49. The highest BCUT2D eigenvalue weighted by Gasteiger charge is 2.34. The summed E-state index contributed by atoms with van der Waals surface area (Å²) in [6, 6.07) is 10.2. The fourth-order valence-corrected chi connectivity index (χ4v) is 4.21. The Morgan fingerprint density at radius 3 is 2.55 bits per heavy atom. The lowest BCUT2D eigenvalue weighted by Gasteiger charge is -2.30. The maximum atomic E-state index is 13.2. The van der Waals surface area contributed by atoms with E-state index in [0.29, 0.717) is 17.0 Å². The summed E-state index contributed by atoms with van der Waals surface area (Å²) in [5, 5.41) is 7.86. The number of urea groups is 1. The number of carbonyl (C=O) groups excluding carboxylic acids is 2. The molecule has 1 saturated carbocycles. The van der Waals surface area contributed by atoms with Crippen LogP contribution in [0.4, 0.5) is 23.7 Å². The van der Waals surface area contributed by atoms with Crippen molar-refractivity contribution in [2.45, 2.75) is 50.9 Å². The molecular weight excluding hydrogens is 435 g/mol. The molecule has 0 spiro atoms. The Morgan fingerprint density at radius 2 is 1.82 bits per heavy atom. The van der Waals surface area contributed by atoms with Crippen LogP contribution < -0.4 is 20.7 Å². The molecule has 33 heavy (non-hydrogen) atoms. The third kappa shape index (κ3) is 5.13. The second kappa shape index (κ2) is 9.17. The zero-order valence-electron chi connectivity index (χ0n) is 18.0. The first-order valence-corrected chi connectivity index (χ1v) is 10.7. The number of carbonyl (C=O) groups is 2. The number of hydrogen-bond acceptors (Lipinski definition) is 3. The average molecular weight is 459 g/mol. The molecule has 1 heterocycles. The van der Waals surface area contributed by atoms with E-state index in [1.807, 2.05) is 6.07 Å². The van der Waals surface area contributed by atoms with E-state index in [0.717, 1.165) is 37.8 Å². The summed E-state index contributed by atoms with van der Waals surface area (Å²) in [5.74, 6) is -0.0613. The number of halogens is 3. The SMILES string of the molecule is CC1=C(C(=O)Nc2cccc(C(F)(F)F)c2)C(c2ccccc2OC2CCCC2)NC(=O)N1. The molecular formula is C24H24F3N3O3. The Morgan fingerprint density at radius 1 is 1.09 bits per heavy atom. The van der Waals surface area contributed by atoms with Gasteiger partial charge in [0.05, 0.1) is 23.3 Å². The number of amides is 3. The van der Waals surface area contributed by atoms with E-state index in [-0.39, 0.29) is 17.4 Å². The van der Waals surface area contributed by atoms with Crippen LogP contribution in [0, 0.1) is 0 Å². The predicted octanol–water partition coefficient (Wildman–Crippen LogP) is 5.29. The number of alkyl halides is 3.